The summed E-state index contributed by atoms with van der Waals surface area (Å²) in [6.45, 7) is 1.89. The Hall–Kier alpha value is -2.21. The van der Waals surface area contributed by atoms with Crippen molar-refractivity contribution in [3.05, 3.63) is 57.5 Å². The molecule has 1 amide bonds. The Labute approximate surface area is 125 Å². The van der Waals surface area contributed by atoms with Crippen molar-refractivity contribution in [2.75, 3.05) is 0 Å². The highest BCUT2D eigenvalue weighted by atomic mass is 32.1. The number of carboxylic acid groups (broad SMARTS) is 1. The largest absolute Gasteiger partial charge is 0.481 e. The predicted octanol–water partition coefficient (Wildman–Crippen LogP) is 3.14. The minimum Gasteiger partial charge on any atom is -0.481 e. The van der Waals surface area contributed by atoms with Crippen molar-refractivity contribution < 1.29 is 19.1 Å². The normalized spacial score (nSPS) is 11.9. The number of thiophene rings is 1. The van der Waals surface area contributed by atoms with Crippen LogP contribution in [0.1, 0.15) is 32.6 Å². The van der Waals surface area contributed by atoms with E-state index in [-0.39, 0.29) is 12.3 Å². The van der Waals surface area contributed by atoms with Crippen LogP contribution in [0.4, 0.5) is 4.39 Å². The van der Waals surface area contributed by atoms with Gasteiger partial charge in [-0.3, -0.25) is 9.59 Å². The van der Waals surface area contributed by atoms with Gasteiger partial charge in [-0.2, -0.15) is 0 Å². The molecule has 0 radical (unpaired) electrons. The number of nitrogens with one attached hydrogen (secondary N) is 1. The summed E-state index contributed by atoms with van der Waals surface area (Å²) in [6, 6.07) is 8.25. The lowest BCUT2D eigenvalue weighted by Gasteiger charge is -2.17. The highest BCUT2D eigenvalue weighted by Gasteiger charge is 2.19. The molecule has 0 aliphatic carbocycles. The fourth-order valence-electron chi connectivity index (χ4n) is 1.91. The van der Waals surface area contributed by atoms with E-state index in [0.29, 0.717) is 10.4 Å². The van der Waals surface area contributed by atoms with E-state index in [2.05, 4.69) is 5.32 Å². The summed E-state index contributed by atoms with van der Waals surface area (Å²) < 4.78 is 12.9. The molecule has 0 bridgehead atoms. The molecule has 2 aromatic rings. The van der Waals surface area contributed by atoms with Crippen LogP contribution in [-0.4, -0.2) is 17.0 Å². The molecule has 1 aromatic heterocycles. The zero-order valence-corrected chi connectivity index (χ0v) is 12.1. The minimum absolute atomic E-state index is 0.262. The van der Waals surface area contributed by atoms with Crippen LogP contribution in [0.2, 0.25) is 0 Å². The van der Waals surface area contributed by atoms with E-state index in [1.807, 2.05) is 13.0 Å². The van der Waals surface area contributed by atoms with Gasteiger partial charge < -0.3 is 10.4 Å². The first kappa shape index (κ1) is 15.2. The molecule has 2 rings (SSSR count). The van der Waals surface area contributed by atoms with Crippen LogP contribution in [0.25, 0.3) is 0 Å². The molecular weight excluding hydrogens is 293 g/mol. The zero-order valence-electron chi connectivity index (χ0n) is 11.3. The molecular formula is C15H14FNO3S. The molecule has 0 aliphatic rings. The van der Waals surface area contributed by atoms with Crippen LogP contribution in [0.3, 0.4) is 0 Å². The van der Waals surface area contributed by atoms with Gasteiger partial charge in [0.05, 0.1) is 17.3 Å². The number of halogens is 1. The van der Waals surface area contributed by atoms with E-state index >= 15 is 0 Å². The molecule has 0 aliphatic heterocycles. The Morgan fingerprint density at radius 2 is 1.90 bits per heavy atom. The molecule has 0 fully saturated rings. The van der Waals surface area contributed by atoms with Crippen LogP contribution in [0.15, 0.2) is 36.4 Å². The second-order valence-electron chi connectivity index (χ2n) is 4.59. The van der Waals surface area contributed by atoms with Crippen molar-refractivity contribution in [3.63, 3.8) is 0 Å². The van der Waals surface area contributed by atoms with Gasteiger partial charge in [0.25, 0.3) is 5.91 Å². The first-order valence-corrected chi connectivity index (χ1v) is 7.12. The second-order valence-corrected chi connectivity index (χ2v) is 5.87. The average molecular weight is 307 g/mol. The molecule has 1 atom stereocenters. The Morgan fingerprint density at radius 3 is 2.43 bits per heavy atom. The minimum atomic E-state index is -1.04. The van der Waals surface area contributed by atoms with Gasteiger partial charge >= 0.3 is 5.97 Å². The quantitative estimate of drug-likeness (QED) is 0.892. The Balaban J connectivity index is 2.18. The van der Waals surface area contributed by atoms with Crippen LogP contribution in [0, 0.1) is 12.7 Å². The number of aryl methyl sites for hydroxylation is 1. The SMILES string of the molecule is Cc1ccc(C(=O)NC(CC(=O)O)c2ccc(F)cc2)s1. The maximum Gasteiger partial charge on any atom is 0.305 e. The van der Waals surface area contributed by atoms with E-state index in [1.165, 1.54) is 35.6 Å². The first-order valence-electron chi connectivity index (χ1n) is 6.30. The van der Waals surface area contributed by atoms with Crippen molar-refractivity contribution in [2.45, 2.75) is 19.4 Å². The highest BCUT2D eigenvalue weighted by Crippen LogP contribution is 2.20. The molecule has 21 heavy (non-hydrogen) atoms. The summed E-state index contributed by atoms with van der Waals surface area (Å²) >= 11 is 1.33. The lowest BCUT2D eigenvalue weighted by Crippen LogP contribution is -2.29. The van der Waals surface area contributed by atoms with Gasteiger partial charge in [-0.05, 0) is 36.8 Å². The summed E-state index contributed by atoms with van der Waals surface area (Å²) in [6.07, 6.45) is -0.262. The number of carbonyl (C=O) groups excluding carboxylic acids is 1. The molecule has 0 spiro atoms. The van der Waals surface area contributed by atoms with E-state index in [0.717, 1.165) is 4.88 Å². The monoisotopic (exact) mass is 307 g/mol. The van der Waals surface area contributed by atoms with Crippen molar-refractivity contribution in [3.8, 4) is 0 Å². The fourth-order valence-corrected chi connectivity index (χ4v) is 2.68. The van der Waals surface area contributed by atoms with E-state index < -0.39 is 17.8 Å². The summed E-state index contributed by atoms with van der Waals surface area (Å²) in [5.74, 6) is -1.77. The van der Waals surface area contributed by atoms with Crippen LogP contribution in [-0.2, 0) is 4.79 Å². The number of aliphatic carboxylic acids is 1. The maximum atomic E-state index is 12.9. The number of amides is 1. The Kier molecular flexibility index (Phi) is 4.70. The lowest BCUT2D eigenvalue weighted by atomic mass is 10.0. The predicted molar refractivity (Wildman–Crippen MR) is 77.9 cm³/mol. The van der Waals surface area contributed by atoms with Crippen LogP contribution < -0.4 is 5.32 Å². The smallest absolute Gasteiger partial charge is 0.305 e. The number of rotatable bonds is 5. The number of carbonyl (C=O) groups is 2. The van der Waals surface area contributed by atoms with Crippen LogP contribution in [0.5, 0.6) is 0 Å². The number of carboxylic acids is 1. The molecule has 0 saturated heterocycles. The summed E-state index contributed by atoms with van der Waals surface area (Å²) in [7, 11) is 0. The van der Waals surface area contributed by atoms with Crippen molar-refractivity contribution >= 4 is 23.2 Å². The summed E-state index contributed by atoms with van der Waals surface area (Å²) in [5.41, 5.74) is 0.556. The van der Waals surface area contributed by atoms with Gasteiger partial charge in [0.1, 0.15) is 5.82 Å². The van der Waals surface area contributed by atoms with Gasteiger partial charge in [0.15, 0.2) is 0 Å². The third-order valence-electron chi connectivity index (χ3n) is 2.92. The Morgan fingerprint density at radius 1 is 1.24 bits per heavy atom. The zero-order chi connectivity index (χ0) is 15.4. The van der Waals surface area contributed by atoms with Crippen molar-refractivity contribution in [1.82, 2.24) is 5.32 Å². The molecule has 1 heterocycles. The van der Waals surface area contributed by atoms with E-state index in [4.69, 9.17) is 5.11 Å². The first-order chi connectivity index (χ1) is 9.95. The highest BCUT2D eigenvalue weighted by molar-refractivity contribution is 7.13. The summed E-state index contributed by atoms with van der Waals surface area (Å²) in [4.78, 5) is 24.6. The lowest BCUT2D eigenvalue weighted by molar-refractivity contribution is -0.137. The fraction of sp³-hybridized carbons (Fsp3) is 0.200. The standard InChI is InChI=1S/C15H14FNO3S/c1-9-2-7-13(21-9)15(20)17-12(8-14(18)19)10-3-5-11(16)6-4-10/h2-7,12H,8H2,1H3,(H,17,20)(H,18,19). The van der Waals surface area contributed by atoms with Gasteiger partial charge in [-0.1, -0.05) is 12.1 Å². The van der Waals surface area contributed by atoms with E-state index in [9.17, 15) is 14.0 Å². The van der Waals surface area contributed by atoms with E-state index in [1.54, 1.807) is 6.07 Å². The van der Waals surface area contributed by atoms with Crippen molar-refractivity contribution in [2.24, 2.45) is 0 Å². The molecule has 1 unspecified atom stereocenters. The number of hydrogen-bond acceptors (Lipinski definition) is 3. The summed E-state index contributed by atoms with van der Waals surface area (Å²) in [5, 5.41) is 11.6. The van der Waals surface area contributed by atoms with Crippen LogP contribution >= 0.6 is 11.3 Å². The second kappa shape index (κ2) is 6.49. The maximum absolute atomic E-state index is 12.9. The van der Waals surface area contributed by atoms with Gasteiger partial charge in [-0.15, -0.1) is 11.3 Å². The Bertz CT molecular complexity index is 651. The third kappa shape index (κ3) is 4.13. The molecule has 2 N–H and O–H groups in total. The number of benzene rings is 1. The van der Waals surface area contributed by atoms with Gasteiger partial charge in [-0.25, -0.2) is 4.39 Å². The van der Waals surface area contributed by atoms with Crippen molar-refractivity contribution in [1.29, 1.82) is 0 Å². The molecule has 110 valence electrons. The molecule has 4 nitrogen and oxygen atoms in total. The molecule has 0 saturated carbocycles. The van der Waals surface area contributed by atoms with Gasteiger partial charge in [0, 0.05) is 4.88 Å². The molecule has 6 heteroatoms. The molecule has 1 aromatic carbocycles. The number of hydrogen-bond donors (Lipinski definition) is 2. The van der Waals surface area contributed by atoms with Gasteiger partial charge in [0.2, 0.25) is 0 Å². The average Bonchev–Trinajstić information content (AvgIpc) is 2.85. The third-order valence-corrected chi connectivity index (χ3v) is 3.92. The topological polar surface area (TPSA) is 66.4 Å².